The third-order valence-electron chi connectivity index (χ3n) is 13.8. The molecule has 3 aliphatic heterocycles. The van der Waals surface area contributed by atoms with Gasteiger partial charge in [-0.2, -0.15) is 0 Å². The second-order valence-corrected chi connectivity index (χ2v) is 20.0. The van der Waals surface area contributed by atoms with Crippen LogP contribution in [0, 0.1) is 5.92 Å². The highest BCUT2D eigenvalue weighted by Crippen LogP contribution is 2.33. The average Bonchev–Trinajstić information content (AvgIpc) is 4.25. The van der Waals surface area contributed by atoms with Gasteiger partial charge in [0.1, 0.15) is 0 Å². The number of hydrogen-bond acceptors (Lipinski definition) is 9. The highest BCUT2D eigenvalue weighted by Gasteiger charge is 2.38. The number of allylic oxidation sites excluding steroid dienone is 2. The molecule has 0 radical (unpaired) electrons. The number of unbranched alkanes of at least 4 members (excludes halogenated alkanes) is 23. The summed E-state index contributed by atoms with van der Waals surface area (Å²) in [6.07, 6.45) is 51.8. The molecule has 0 bridgehead atoms. The summed E-state index contributed by atoms with van der Waals surface area (Å²) in [6, 6.07) is 0. The highest BCUT2D eigenvalue weighted by molar-refractivity contribution is 5.84. The van der Waals surface area contributed by atoms with Crippen LogP contribution in [0.5, 0.6) is 0 Å². The van der Waals surface area contributed by atoms with Crippen LogP contribution in [0.4, 0.5) is 0 Å². The van der Waals surface area contributed by atoms with Crippen molar-refractivity contribution in [1.82, 2.24) is 0 Å². The summed E-state index contributed by atoms with van der Waals surface area (Å²) in [5, 5.41) is 0. The molecule has 9 heteroatoms. The molecule has 0 aromatic heterocycles. The lowest BCUT2D eigenvalue weighted by atomic mass is 10.0. The number of ether oxygens (including phenoxy) is 6. The first-order valence-electron chi connectivity index (χ1n) is 28.2. The number of rotatable bonds is 48. The SMILES string of the molecule is CCCCC/C=C/CC1OC1CCCCCCCOC(=O)CC(CC(=O)OCCCCCCCC1OC1CCCCCCCC)C(=O)OCCCCCCC/C=C/CC1OC1CCCCC. The molecule has 3 heterocycles. The van der Waals surface area contributed by atoms with E-state index in [2.05, 4.69) is 45.1 Å². The van der Waals surface area contributed by atoms with Gasteiger partial charge in [-0.15, -0.1) is 0 Å². The van der Waals surface area contributed by atoms with E-state index in [1.807, 2.05) is 0 Å². The third kappa shape index (κ3) is 31.7. The van der Waals surface area contributed by atoms with Crippen molar-refractivity contribution in [3.8, 4) is 0 Å². The van der Waals surface area contributed by atoms with E-state index in [9.17, 15) is 14.4 Å². The highest BCUT2D eigenvalue weighted by atomic mass is 16.6. The van der Waals surface area contributed by atoms with Gasteiger partial charge in [-0.1, -0.05) is 186 Å². The third-order valence-corrected chi connectivity index (χ3v) is 13.8. The summed E-state index contributed by atoms with van der Waals surface area (Å²) in [5.74, 6) is -2.33. The Morgan fingerprint density at radius 3 is 1.17 bits per heavy atom. The first-order valence-corrected chi connectivity index (χ1v) is 28.2. The predicted molar refractivity (Wildman–Crippen MR) is 268 cm³/mol. The second kappa shape index (κ2) is 39.6. The Morgan fingerprint density at radius 1 is 0.379 bits per heavy atom. The zero-order valence-electron chi connectivity index (χ0n) is 42.8. The summed E-state index contributed by atoms with van der Waals surface area (Å²) < 4.78 is 34.3. The van der Waals surface area contributed by atoms with Gasteiger partial charge in [-0.3, -0.25) is 14.4 Å². The van der Waals surface area contributed by atoms with E-state index in [1.54, 1.807) is 0 Å². The Labute approximate surface area is 404 Å². The predicted octanol–water partition coefficient (Wildman–Crippen LogP) is 15.1. The Bertz CT molecular complexity index is 1270. The topological polar surface area (TPSA) is 116 Å². The van der Waals surface area contributed by atoms with Gasteiger partial charge in [0.05, 0.1) is 75.2 Å². The summed E-state index contributed by atoms with van der Waals surface area (Å²) in [7, 11) is 0. The molecular weight excluding hydrogens is 829 g/mol. The molecule has 0 saturated carbocycles. The van der Waals surface area contributed by atoms with Gasteiger partial charge in [0.2, 0.25) is 0 Å². The van der Waals surface area contributed by atoms with E-state index >= 15 is 0 Å². The Morgan fingerprint density at radius 2 is 0.697 bits per heavy atom. The van der Waals surface area contributed by atoms with Gasteiger partial charge >= 0.3 is 17.9 Å². The van der Waals surface area contributed by atoms with Crippen molar-refractivity contribution in [3.63, 3.8) is 0 Å². The van der Waals surface area contributed by atoms with Crippen LogP contribution >= 0.6 is 0 Å². The Balaban J connectivity index is 1.23. The first-order chi connectivity index (χ1) is 32.4. The van der Waals surface area contributed by atoms with Gasteiger partial charge in [-0.25, -0.2) is 0 Å². The Hall–Kier alpha value is -2.23. The van der Waals surface area contributed by atoms with Crippen molar-refractivity contribution in [3.05, 3.63) is 24.3 Å². The number of epoxide rings is 3. The van der Waals surface area contributed by atoms with Gasteiger partial charge in [0.15, 0.2) is 0 Å². The van der Waals surface area contributed by atoms with Gasteiger partial charge in [0.25, 0.3) is 0 Å². The van der Waals surface area contributed by atoms with Crippen LogP contribution in [-0.4, -0.2) is 74.4 Å². The molecule has 3 rings (SSSR count). The number of carbonyl (C=O) groups is 3. The minimum absolute atomic E-state index is 0.171. The standard InChI is InChI=1S/C57H100O9/c1-4-7-10-12-20-29-38-51-53(65-51)41-32-23-18-26-34-43-61-55(58)46-48(57(60)63-45-36-25-17-15-14-16-22-31-40-50-49(64-50)37-28-9-6-3)47-56(59)62-44-35-27-19-24-33-42-54-52(66-54)39-30-21-13-11-8-5-2/h20,22,29,31,48-54H,4-19,21,23-28,30,32-47H2,1-3H3/b29-20+,31-22+. The lowest BCUT2D eigenvalue weighted by molar-refractivity contribution is -0.159. The second-order valence-electron chi connectivity index (χ2n) is 20.0. The molecule has 0 aromatic rings. The van der Waals surface area contributed by atoms with Crippen molar-refractivity contribution in [2.45, 2.75) is 295 Å². The maximum Gasteiger partial charge on any atom is 0.310 e. The fourth-order valence-corrected chi connectivity index (χ4v) is 9.17. The van der Waals surface area contributed by atoms with E-state index in [4.69, 9.17) is 28.4 Å². The molecule has 3 saturated heterocycles. The summed E-state index contributed by atoms with van der Waals surface area (Å²) >= 11 is 0. The van der Waals surface area contributed by atoms with E-state index < -0.39 is 23.8 Å². The molecule has 7 atom stereocenters. The van der Waals surface area contributed by atoms with Crippen molar-refractivity contribution in [1.29, 1.82) is 0 Å². The minimum atomic E-state index is -0.899. The van der Waals surface area contributed by atoms with E-state index in [-0.39, 0.29) is 19.4 Å². The van der Waals surface area contributed by atoms with Gasteiger partial charge in [0, 0.05) is 0 Å². The summed E-state index contributed by atoms with van der Waals surface area (Å²) in [6.45, 7) is 7.67. The molecule has 0 N–H and O–H groups in total. The maximum absolute atomic E-state index is 13.2. The van der Waals surface area contributed by atoms with Crippen LogP contribution < -0.4 is 0 Å². The van der Waals surface area contributed by atoms with Crippen molar-refractivity contribution in [2.24, 2.45) is 5.92 Å². The van der Waals surface area contributed by atoms with Crippen LogP contribution in [0.1, 0.15) is 258 Å². The molecule has 9 nitrogen and oxygen atoms in total. The largest absolute Gasteiger partial charge is 0.466 e. The average molecular weight is 929 g/mol. The van der Waals surface area contributed by atoms with Crippen molar-refractivity contribution < 1.29 is 42.8 Å². The first kappa shape index (κ1) is 58.1. The molecule has 66 heavy (non-hydrogen) atoms. The molecule has 0 aliphatic carbocycles. The Kier molecular flexibility index (Phi) is 34.9. The molecule has 0 spiro atoms. The van der Waals surface area contributed by atoms with Crippen molar-refractivity contribution in [2.75, 3.05) is 19.8 Å². The quantitative estimate of drug-likeness (QED) is 0.0193. The monoisotopic (exact) mass is 929 g/mol. The van der Waals surface area contributed by atoms with Crippen LogP contribution in [0.25, 0.3) is 0 Å². The number of esters is 3. The van der Waals surface area contributed by atoms with Crippen LogP contribution in [-0.2, 0) is 42.8 Å². The molecular formula is C57H100O9. The summed E-state index contributed by atoms with van der Waals surface area (Å²) in [4.78, 5) is 39.0. The van der Waals surface area contributed by atoms with Crippen LogP contribution in [0.15, 0.2) is 24.3 Å². The minimum Gasteiger partial charge on any atom is -0.466 e. The number of hydrogen-bond donors (Lipinski definition) is 0. The fraction of sp³-hybridized carbons (Fsp3) is 0.877. The van der Waals surface area contributed by atoms with Crippen molar-refractivity contribution >= 4 is 17.9 Å². The molecule has 0 aromatic carbocycles. The van der Waals surface area contributed by atoms with Crippen LogP contribution in [0.2, 0.25) is 0 Å². The normalized spacial score (nSPS) is 21.4. The molecule has 0 amide bonds. The molecule has 3 fully saturated rings. The number of carbonyl (C=O) groups excluding carboxylic acids is 3. The van der Waals surface area contributed by atoms with E-state index in [0.717, 1.165) is 122 Å². The lowest BCUT2D eigenvalue weighted by Crippen LogP contribution is -2.26. The van der Waals surface area contributed by atoms with E-state index in [1.165, 1.54) is 103 Å². The fourth-order valence-electron chi connectivity index (χ4n) is 9.17. The lowest BCUT2D eigenvalue weighted by Gasteiger charge is -2.15. The maximum atomic E-state index is 13.2. The smallest absolute Gasteiger partial charge is 0.310 e. The van der Waals surface area contributed by atoms with Gasteiger partial charge < -0.3 is 28.4 Å². The van der Waals surface area contributed by atoms with Gasteiger partial charge in [-0.05, 0) is 83.5 Å². The van der Waals surface area contributed by atoms with Crippen LogP contribution in [0.3, 0.4) is 0 Å². The molecule has 3 aliphatic rings. The summed E-state index contributed by atoms with van der Waals surface area (Å²) in [5.41, 5.74) is 0. The van der Waals surface area contributed by atoms with E-state index in [0.29, 0.717) is 49.8 Å². The zero-order valence-corrected chi connectivity index (χ0v) is 42.8. The molecule has 382 valence electrons. The molecule has 7 unspecified atom stereocenters. The zero-order chi connectivity index (χ0) is 47.1.